The molecule has 0 fully saturated rings. The van der Waals surface area contributed by atoms with Crippen molar-refractivity contribution in [2.45, 2.75) is 11.3 Å². The molecule has 0 aliphatic rings. The Morgan fingerprint density at radius 1 is 1.28 bits per heavy atom. The Hall–Kier alpha value is -2.05. The van der Waals surface area contributed by atoms with Gasteiger partial charge in [-0.15, -0.1) is 18.0 Å². The van der Waals surface area contributed by atoms with Crippen LogP contribution >= 0.6 is 15.9 Å². The first-order valence-electron chi connectivity index (χ1n) is 6.48. The van der Waals surface area contributed by atoms with Crippen LogP contribution in [0.4, 0.5) is 13.2 Å². The van der Waals surface area contributed by atoms with E-state index in [-0.39, 0.29) is 5.69 Å². The Morgan fingerprint density at radius 3 is 2.52 bits per heavy atom. The molecule has 2 N–H and O–H groups in total. The number of alkyl halides is 3. The summed E-state index contributed by atoms with van der Waals surface area (Å²) in [7, 11) is -2.72. The van der Waals surface area contributed by atoms with E-state index in [1.54, 1.807) is 13.2 Å². The molecule has 136 valence electrons. The van der Waals surface area contributed by atoms with E-state index in [0.717, 1.165) is 18.2 Å². The van der Waals surface area contributed by atoms with Gasteiger partial charge in [-0.2, -0.15) is 0 Å². The van der Waals surface area contributed by atoms with E-state index in [4.69, 9.17) is 0 Å². The van der Waals surface area contributed by atoms with Gasteiger partial charge in [0.25, 0.3) is 15.9 Å². The van der Waals surface area contributed by atoms with Crippen LogP contribution in [-0.2, 0) is 17.1 Å². The van der Waals surface area contributed by atoms with E-state index >= 15 is 0 Å². The average molecular weight is 442 g/mol. The van der Waals surface area contributed by atoms with Crippen molar-refractivity contribution in [2.75, 3.05) is 0 Å². The maximum absolute atomic E-state index is 12.2. The lowest BCUT2D eigenvalue weighted by Gasteiger charge is -2.11. The number of halogens is 4. The van der Waals surface area contributed by atoms with Gasteiger partial charge in [0.1, 0.15) is 11.4 Å². The predicted octanol–water partition coefficient (Wildman–Crippen LogP) is 2.31. The van der Waals surface area contributed by atoms with Gasteiger partial charge in [0, 0.05) is 23.8 Å². The van der Waals surface area contributed by atoms with Gasteiger partial charge in [-0.3, -0.25) is 10.2 Å². The fraction of sp³-hybridized carbons (Fsp3) is 0.154. The SMILES string of the molecule is Cn1cc(Br)cc1C(=O)NNS(=O)(=O)c1cccc(OC(F)(F)F)c1. The van der Waals surface area contributed by atoms with Crippen molar-refractivity contribution in [2.24, 2.45) is 7.05 Å². The number of rotatable bonds is 5. The van der Waals surface area contributed by atoms with Crippen molar-refractivity contribution in [1.82, 2.24) is 14.8 Å². The van der Waals surface area contributed by atoms with Crippen LogP contribution in [-0.4, -0.2) is 25.3 Å². The van der Waals surface area contributed by atoms with Gasteiger partial charge in [0.15, 0.2) is 0 Å². The molecule has 1 aromatic heterocycles. The number of carbonyl (C=O) groups excluding carboxylic acids is 1. The highest BCUT2D eigenvalue weighted by Gasteiger charge is 2.31. The number of carbonyl (C=O) groups is 1. The molecule has 0 atom stereocenters. The molecule has 25 heavy (non-hydrogen) atoms. The number of hydrogen-bond acceptors (Lipinski definition) is 4. The molecule has 1 heterocycles. The van der Waals surface area contributed by atoms with Crippen LogP contribution in [0.5, 0.6) is 5.75 Å². The first-order chi connectivity index (χ1) is 11.5. The maximum atomic E-state index is 12.2. The monoisotopic (exact) mass is 441 g/mol. The van der Waals surface area contributed by atoms with E-state index in [9.17, 15) is 26.4 Å². The van der Waals surface area contributed by atoms with Crippen molar-refractivity contribution < 1.29 is 31.1 Å². The molecule has 1 amide bonds. The largest absolute Gasteiger partial charge is 0.573 e. The molecule has 1 aromatic carbocycles. The Balaban J connectivity index is 2.13. The molecule has 0 aliphatic heterocycles. The normalized spacial score (nSPS) is 12.0. The zero-order chi connectivity index (χ0) is 18.8. The summed E-state index contributed by atoms with van der Waals surface area (Å²) in [6.45, 7) is 0. The lowest BCUT2D eigenvalue weighted by Crippen LogP contribution is -2.42. The van der Waals surface area contributed by atoms with Crippen LogP contribution in [0.2, 0.25) is 0 Å². The Kier molecular flexibility index (Phi) is 5.44. The number of nitrogens with zero attached hydrogens (tertiary/aromatic N) is 1. The number of hydrogen-bond donors (Lipinski definition) is 2. The number of nitrogens with one attached hydrogen (secondary N) is 2. The van der Waals surface area contributed by atoms with E-state index in [2.05, 4.69) is 20.7 Å². The molecular formula is C13H11BrF3N3O4S. The summed E-state index contributed by atoms with van der Waals surface area (Å²) in [5, 5.41) is 0. The molecule has 0 aliphatic carbocycles. The second-order valence-corrected chi connectivity index (χ2v) is 7.33. The maximum Gasteiger partial charge on any atom is 0.573 e. The van der Waals surface area contributed by atoms with Crippen molar-refractivity contribution >= 4 is 31.9 Å². The van der Waals surface area contributed by atoms with Gasteiger partial charge >= 0.3 is 6.36 Å². The predicted molar refractivity (Wildman–Crippen MR) is 84.0 cm³/mol. The molecule has 0 saturated carbocycles. The van der Waals surface area contributed by atoms with Gasteiger partial charge in [0.05, 0.1) is 4.90 Å². The quantitative estimate of drug-likeness (QED) is 0.696. The molecule has 2 aromatic rings. The minimum atomic E-state index is -4.95. The first kappa shape index (κ1) is 19.3. The second kappa shape index (κ2) is 7.06. The van der Waals surface area contributed by atoms with E-state index < -0.39 is 32.9 Å². The molecule has 0 saturated heterocycles. The summed E-state index contributed by atoms with van der Waals surface area (Å²) in [4.78, 5) is 13.3. The summed E-state index contributed by atoms with van der Waals surface area (Å²) in [5.74, 6) is -1.45. The number of benzene rings is 1. The third-order valence-electron chi connectivity index (χ3n) is 2.85. The number of aromatic nitrogens is 1. The summed E-state index contributed by atoms with van der Waals surface area (Å²) in [6, 6.07) is 5.22. The molecule has 12 heteroatoms. The van der Waals surface area contributed by atoms with Crippen LogP contribution in [0.15, 0.2) is 45.9 Å². The zero-order valence-electron chi connectivity index (χ0n) is 12.5. The molecular weight excluding hydrogens is 431 g/mol. The molecule has 7 nitrogen and oxygen atoms in total. The highest BCUT2D eigenvalue weighted by Crippen LogP contribution is 2.24. The number of sulfonamides is 1. The average Bonchev–Trinajstić information content (AvgIpc) is 2.82. The second-order valence-electron chi connectivity index (χ2n) is 4.74. The molecule has 0 radical (unpaired) electrons. The molecule has 0 spiro atoms. The smallest absolute Gasteiger partial charge is 0.406 e. The number of amides is 1. The van der Waals surface area contributed by atoms with Gasteiger partial charge in [-0.1, -0.05) is 6.07 Å². The Morgan fingerprint density at radius 2 is 1.96 bits per heavy atom. The fourth-order valence-electron chi connectivity index (χ4n) is 1.82. The topological polar surface area (TPSA) is 89.4 Å². The van der Waals surface area contributed by atoms with Crippen molar-refractivity contribution in [1.29, 1.82) is 0 Å². The number of aryl methyl sites for hydroxylation is 1. The third kappa shape index (κ3) is 5.21. The summed E-state index contributed by atoms with van der Waals surface area (Å²) < 4.78 is 66.5. The summed E-state index contributed by atoms with van der Waals surface area (Å²) in [6.07, 6.45) is -3.37. The minimum absolute atomic E-state index is 0.156. The summed E-state index contributed by atoms with van der Waals surface area (Å²) >= 11 is 3.17. The van der Waals surface area contributed by atoms with Gasteiger partial charge < -0.3 is 9.30 Å². The van der Waals surface area contributed by atoms with Crippen LogP contribution in [0, 0.1) is 0 Å². The Labute approximate surface area is 148 Å². The highest BCUT2D eigenvalue weighted by molar-refractivity contribution is 9.10. The minimum Gasteiger partial charge on any atom is -0.406 e. The Bertz CT molecular complexity index is 896. The lowest BCUT2D eigenvalue weighted by molar-refractivity contribution is -0.274. The molecule has 0 bridgehead atoms. The van der Waals surface area contributed by atoms with Crippen molar-refractivity contribution in [3.8, 4) is 5.75 Å². The van der Waals surface area contributed by atoms with Gasteiger partial charge in [-0.25, -0.2) is 8.42 Å². The van der Waals surface area contributed by atoms with Gasteiger partial charge in [-0.05, 0) is 34.1 Å². The molecule has 2 rings (SSSR count). The molecule has 0 unspecified atom stereocenters. The van der Waals surface area contributed by atoms with Crippen molar-refractivity contribution in [3.63, 3.8) is 0 Å². The van der Waals surface area contributed by atoms with Crippen LogP contribution in [0.3, 0.4) is 0 Å². The number of ether oxygens (including phenoxy) is 1. The van der Waals surface area contributed by atoms with Crippen LogP contribution in [0.25, 0.3) is 0 Å². The third-order valence-corrected chi connectivity index (χ3v) is 4.53. The highest BCUT2D eigenvalue weighted by atomic mass is 79.9. The van der Waals surface area contributed by atoms with Crippen LogP contribution < -0.4 is 15.0 Å². The number of hydrazine groups is 1. The lowest BCUT2D eigenvalue weighted by atomic mass is 10.3. The van der Waals surface area contributed by atoms with Gasteiger partial charge in [0.2, 0.25) is 0 Å². The zero-order valence-corrected chi connectivity index (χ0v) is 14.9. The van der Waals surface area contributed by atoms with E-state index in [0.29, 0.717) is 10.5 Å². The van der Waals surface area contributed by atoms with E-state index in [1.165, 1.54) is 10.6 Å². The standard InChI is InChI=1S/C13H11BrF3N3O4S/c1-20-7-8(14)5-11(20)12(21)18-19-25(22,23)10-4-2-3-9(6-10)24-13(15,16)17/h2-7,19H,1H3,(H,18,21). The van der Waals surface area contributed by atoms with E-state index in [1.807, 2.05) is 10.3 Å². The fourth-order valence-corrected chi connectivity index (χ4v) is 3.22. The van der Waals surface area contributed by atoms with Crippen molar-refractivity contribution in [3.05, 3.63) is 46.7 Å². The first-order valence-corrected chi connectivity index (χ1v) is 8.75. The van der Waals surface area contributed by atoms with Crippen LogP contribution in [0.1, 0.15) is 10.5 Å². The summed E-state index contributed by atoms with van der Waals surface area (Å²) in [5.41, 5.74) is 2.13.